The van der Waals surface area contributed by atoms with Crippen LogP contribution in [0.5, 0.6) is 0 Å². The predicted molar refractivity (Wildman–Crippen MR) is 67.4 cm³/mol. The number of nitrogens with zero attached hydrogens (tertiary/aromatic N) is 1. The van der Waals surface area contributed by atoms with Crippen LogP contribution in [0.25, 0.3) is 0 Å². The summed E-state index contributed by atoms with van der Waals surface area (Å²) >= 11 is 5.94. The van der Waals surface area contributed by atoms with Crippen LogP contribution < -0.4 is 11.1 Å². The molecule has 0 aliphatic rings. The van der Waals surface area contributed by atoms with Gasteiger partial charge >= 0.3 is 0 Å². The van der Waals surface area contributed by atoms with Crippen LogP contribution in [0, 0.1) is 5.82 Å². The zero-order valence-electron chi connectivity index (χ0n) is 8.95. The molecule has 3 N–H and O–H groups in total. The third-order valence-electron chi connectivity index (χ3n) is 2.34. The van der Waals surface area contributed by atoms with E-state index in [1.54, 1.807) is 18.2 Å². The molecule has 1 aromatic carbocycles. The number of anilines is 2. The van der Waals surface area contributed by atoms with Crippen LogP contribution in [0.4, 0.5) is 15.8 Å². The monoisotopic (exact) mass is 251 g/mol. The largest absolute Gasteiger partial charge is 0.396 e. The third kappa shape index (κ3) is 2.65. The summed E-state index contributed by atoms with van der Waals surface area (Å²) in [4.78, 5) is 3.85. The summed E-state index contributed by atoms with van der Waals surface area (Å²) < 4.78 is 13.4. The summed E-state index contributed by atoms with van der Waals surface area (Å²) in [6.45, 7) is 0.320. The highest BCUT2D eigenvalue weighted by Crippen LogP contribution is 2.27. The first-order valence-corrected chi connectivity index (χ1v) is 5.42. The average molecular weight is 252 g/mol. The molecule has 0 unspecified atom stereocenters. The number of nitrogens with two attached hydrogens (primary N) is 1. The number of aromatic nitrogens is 1. The van der Waals surface area contributed by atoms with Crippen molar-refractivity contribution in [3.63, 3.8) is 0 Å². The number of nitrogens with one attached hydrogen (secondary N) is 1. The van der Waals surface area contributed by atoms with Gasteiger partial charge in [0, 0.05) is 18.3 Å². The Kier molecular flexibility index (Phi) is 3.44. The van der Waals surface area contributed by atoms with Gasteiger partial charge in [0.1, 0.15) is 5.82 Å². The first-order chi connectivity index (χ1) is 8.18. The molecule has 0 fully saturated rings. The Hall–Kier alpha value is -1.81. The molecule has 0 aliphatic carbocycles. The number of halogens is 2. The van der Waals surface area contributed by atoms with Crippen LogP contribution in [-0.4, -0.2) is 4.98 Å². The summed E-state index contributed by atoms with van der Waals surface area (Å²) in [6.07, 6.45) is 2.98. The van der Waals surface area contributed by atoms with Gasteiger partial charge in [-0.2, -0.15) is 0 Å². The van der Waals surface area contributed by atoms with Gasteiger partial charge in [-0.25, -0.2) is 4.39 Å². The van der Waals surface area contributed by atoms with Gasteiger partial charge in [0.15, 0.2) is 0 Å². The quantitative estimate of drug-likeness (QED) is 0.882. The van der Waals surface area contributed by atoms with Crippen LogP contribution in [0.3, 0.4) is 0 Å². The summed E-state index contributed by atoms with van der Waals surface area (Å²) in [5.74, 6) is -0.260. The number of hydrogen-bond acceptors (Lipinski definition) is 3. The second kappa shape index (κ2) is 5.01. The molecule has 0 radical (unpaired) electrons. The van der Waals surface area contributed by atoms with Crippen LogP contribution in [-0.2, 0) is 6.54 Å². The fourth-order valence-electron chi connectivity index (χ4n) is 1.46. The third-order valence-corrected chi connectivity index (χ3v) is 2.63. The normalized spacial score (nSPS) is 10.2. The molecule has 17 heavy (non-hydrogen) atoms. The highest BCUT2D eigenvalue weighted by molar-refractivity contribution is 6.33. The van der Waals surface area contributed by atoms with Crippen molar-refractivity contribution >= 4 is 23.0 Å². The zero-order chi connectivity index (χ0) is 12.3. The maximum Gasteiger partial charge on any atom is 0.128 e. The van der Waals surface area contributed by atoms with E-state index < -0.39 is 0 Å². The number of nitrogen functional groups attached to an aromatic ring is 1. The van der Waals surface area contributed by atoms with Gasteiger partial charge in [0.05, 0.1) is 22.6 Å². The number of benzene rings is 1. The lowest BCUT2D eigenvalue weighted by Gasteiger charge is -2.10. The van der Waals surface area contributed by atoms with E-state index in [2.05, 4.69) is 10.3 Å². The van der Waals surface area contributed by atoms with E-state index in [4.69, 9.17) is 17.3 Å². The van der Waals surface area contributed by atoms with Crippen LogP contribution in [0.2, 0.25) is 5.02 Å². The fraction of sp³-hybridized carbons (Fsp3) is 0.0833. The Bertz CT molecular complexity index is 511. The van der Waals surface area contributed by atoms with Gasteiger partial charge in [0.25, 0.3) is 0 Å². The lowest BCUT2D eigenvalue weighted by atomic mass is 10.2. The van der Waals surface area contributed by atoms with Crippen molar-refractivity contribution in [3.8, 4) is 0 Å². The van der Waals surface area contributed by atoms with E-state index in [9.17, 15) is 4.39 Å². The lowest BCUT2D eigenvalue weighted by Crippen LogP contribution is -2.05. The molecular weight excluding hydrogens is 241 g/mol. The van der Waals surface area contributed by atoms with E-state index in [0.29, 0.717) is 28.5 Å². The molecule has 0 atom stereocenters. The lowest BCUT2D eigenvalue weighted by molar-refractivity contribution is 0.613. The Labute approximate surface area is 103 Å². The molecule has 2 rings (SSSR count). The second-order valence-electron chi connectivity index (χ2n) is 3.53. The van der Waals surface area contributed by atoms with E-state index in [1.165, 1.54) is 18.5 Å². The number of hydrogen-bond donors (Lipinski definition) is 2. The second-order valence-corrected chi connectivity index (χ2v) is 3.94. The molecule has 0 bridgehead atoms. The maximum atomic E-state index is 13.4. The van der Waals surface area contributed by atoms with Crippen molar-refractivity contribution in [2.24, 2.45) is 0 Å². The molecule has 0 amide bonds. The Morgan fingerprint density at radius 1 is 1.29 bits per heavy atom. The molecule has 0 spiro atoms. The number of rotatable bonds is 3. The van der Waals surface area contributed by atoms with Crippen LogP contribution in [0.1, 0.15) is 5.56 Å². The fourth-order valence-corrected chi connectivity index (χ4v) is 1.69. The minimum Gasteiger partial charge on any atom is -0.396 e. The zero-order valence-corrected chi connectivity index (χ0v) is 9.71. The van der Waals surface area contributed by atoms with E-state index in [-0.39, 0.29) is 5.82 Å². The van der Waals surface area contributed by atoms with Crippen molar-refractivity contribution in [1.82, 2.24) is 4.98 Å². The Balaban J connectivity index is 2.16. The van der Waals surface area contributed by atoms with Crippen LogP contribution >= 0.6 is 11.6 Å². The maximum absolute atomic E-state index is 13.4. The molecule has 0 saturated heterocycles. The van der Waals surface area contributed by atoms with Crippen molar-refractivity contribution in [1.29, 1.82) is 0 Å². The van der Waals surface area contributed by atoms with Gasteiger partial charge in [-0.1, -0.05) is 29.8 Å². The predicted octanol–water partition coefficient (Wildman–Crippen LogP) is 3.07. The molecule has 1 heterocycles. The Morgan fingerprint density at radius 3 is 2.76 bits per heavy atom. The van der Waals surface area contributed by atoms with Gasteiger partial charge in [-0.3, -0.25) is 4.98 Å². The molecule has 1 aromatic heterocycles. The average Bonchev–Trinajstić information content (AvgIpc) is 2.30. The van der Waals surface area contributed by atoms with E-state index in [1.807, 2.05) is 0 Å². The van der Waals surface area contributed by atoms with E-state index in [0.717, 1.165) is 0 Å². The van der Waals surface area contributed by atoms with Gasteiger partial charge < -0.3 is 11.1 Å². The summed E-state index contributed by atoms with van der Waals surface area (Å²) in [5.41, 5.74) is 7.29. The molecule has 5 heteroatoms. The van der Waals surface area contributed by atoms with Crippen molar-refractivity contribution in [2.75, 3.05) is 11.1 Å². The summed E-state index contributed by atoms with van der Waals surface area (Å²) in [7, 11) is 0. The first kappa shape index (κ1) is 11.7. The molecule has 0 saturated carbocycles. The van der Waals surface area contributed by atoms with Gasteiger partial charge in [-0.15, -0.1) is 0 Å². The first-order valence-electron chi connectivity index (χ1n) is 5.04. The molecule has 0 aliphatic heterocycles. The smallest absolute Gasteiger partial charge is 0.128 e. The van der Waals surface area contributed by atoms with Crippen molar-refractivity contribution < 1.29 is 4.39 Å². The molecule has 2 aromatic rings. The Morgan fingerprint density at radius 2 is 2.06 bits per heavy atom. The highest BCUT2D eigenvalue weighted by atomic mass is 35.5. The van der Waals surface area contributed by atoms with Gasteiger partial charge in [0.2, 0.25) is 0 Å². The molecule has 3 nitrogen and oxygen atoms in total. The summed E-state index contributed by atoms with van der Waals surface area (Å²) in [5, 5.41) is 3.42. The minimum absolute atomic E-state index is 0.260. The van der Waals surface area contributed by atoms with E-state index >= 15 is 0 Å². The summed E-state index contributed by atoms with van der Waals surface area (Å²) in [6, 6.07) is 6.53. The number of pyridine rings is 1. The van der Waals surface area contributed by atoms with Crippen LogP contribution in [0.15, 0.2) is 36.7 Å². The standard InChI is InChI=1S/C12H11ClFN3/c13-9-6-16-7-11(15)12(9)17-5-8-3-1-2-4-10(8)14/h1-4,6-7H,5,15H2,(H,16,17). The van der Waals surface area contributed by atoms with Crippen molar-refractivity contribution in [3.05, 3.63) is 53.1 Å². The molecular formula is C12H11ClFN3. The topological polar surface area (TPSA) is 50.9 Å². The van der Waals surface area contributed by atoms with Crippen molar-refractivity contribution in [2.45, 2.75) is 6.54 Å². The van der Waals surface area contributed by atoms with Gasteiger partial charge in [-0.05, 0) is 6.07 Å². The highest BCUT2D eigenvalue weighted by Gasteiger charge is 2.06. The molecule has 88 valence electrons. The SMILES string of the molecule is Nc1cncc(Cl)c1NCc1ccccc1F. The minimum atomic E-state index is -0.260.